The van der Waals surface area contributed by atoms with Gasteiger partial charge in [-0.1, -0.05) is 44.2 Å². The van der Waals surface area contributed by atoms with Crippen molar-refractivity contribution in [2.75, 3.05) is 6.54 Å². The number of carbonyl (C=O) groups is 5. The summed E-state index contributed by atoms with van der Waals surface area (Å²) in [6, 6.07) is 7.55. The number of nitrogens with one attached hydrogen (secondary N) is 5. The average Bonchev–Trinajstić information content (AvgIpc) is 2.76. The molecule has 0 aliphatic rings. The molecule has 11 nitrogen and oxygen atoms in total. The van der Waals surface area contributed by atoms with Crippen LogP contribution >= 0.6 is 0 Å². The van der Waals surface area contributed by atoms with E-state index >= 15 is 0 Å². The van der Waals surface area contributed by atoms with E-state index in [4.69, 9.17) is 4.74 Å². The van der Waals surface area contributed by atoms with Gasteiger partial charge in [0, 0.05) is 6.42 Å². The molecule has 5 amide bonds. The van der Waals surface area contributed by atoms with Gasteiger partial charge in [-0.2, -0.15) is 0 Å². The fourth-order valence-corrected chi connectivity index (χ4v) is 3.18. The van der Waals surface area contributed by atoms with Gasteiger partial charge in [-0.25, -0.2) is 4.79 Å². The van der Waals surface area contributed by atoms with Crippen LogP contribution in [-0.2, 0) is 30.3 Å². The molecular weight excluding hydrogens is 466 g/mol. The van der Waals surface area contributed by atoms with Crippen LogP contribution in [0.15, 0.2) is 30.3 Å². The Bertz CT molecular complexity index is 885. The van der Waals surface area contributed by atoms with Crippen molar-refractivity contribution in [2.45, 2.75) is 78.2 Å². The fourth-order valence-electron chi connectivity index (χ4n) is 3.18. The van der Waals surface area contributed by atoms with E-state index in [9.17, 15) is 24.0 Å². The average molecular weight is 506 g/mol. The van der Waals surface area contributed by atoms with Crippen LogP contribution in [-0.4, -0.2) is 60.6 Å². The maximum atomic E-state index is 12.8. The van der Waals surface area contributed by atoms with Gasteiger partial charge >= 0.3 is 6.09 Å². The molecule has 0 aliphatic heterocycles. The van der Waals surface area contributed by atoms with Crippen molar-refractivity contribution in [1.29, 1.82) is 0 Å². The second kappa shape index (κ2) is 14.7. The van der Waals surface area contributed by atoms with E-state index in [0.717, 1.165) is 5.56 Å². The van der Waals surface area contributed by atoms with Crippen molar-refractivity contribution < 1.29 is 28.7 Å². The molecule has 11 heteroatoms. The molecule has 0 heterocycles. The summed E-state index contributed by atoms with van der Waals surface area (Å²) in [5.74, 6) is -1.40. The van der Waals surface area contributed by atoms with E-state index in [1.54, 1.807) is 20.8 Å². The summed E-state index contributed by atoms with van der Waals surface area (Å²) >= 11 is 0. The highest BCUT2D eigenvalue weighted by molar-refractivity contribution is 5.89. The normalized spacial score (nSPS) is 13.5. The summed E-state index contributed by atoms with van der Waals surface area (Å²) < 4.78 is 5.11. The summed E-state index contributed by atoms with van der Waals surface area (Å²) in [5, 5.41) is 12.8. The number of amides is 5. The molecule has 0 unspecified atom stereocenters. The van der Waals surface area contributed by atoms with Crippen molar-refractivity contribution in [3.8, 4) is 0 Å². The maximum Gasteiger partial charge on any atom is 0.408 e. The summed E-state index contributed by atoms with van der Waals surface area (Å²) in [5.41, 5.74) is 0.152. The first kappa shape index (κ1) is 30.4. The van der Waals surface area contributed by atoms with Crippen molar-refractivity contribution >= 4 is 30.2 Å². The Balaban J connectivity index is 2.75. The van der Waals surface area contributed by atoms with Crippen molar-refractivity contribution in [2.24, 2.45) is 5.92 Å². The highest BCUT2D eigenvalue weighted by Crippen LogP contribution is 2.07. The van der Waals surface area contributed by atoms with Gasteiger partial charge in [0.2, 0.25) is 24.1 Å². The van der Waals surface area contributed by atoms with Crippen LogP contribution in [0.4, 0.5) is 4.79 Å². The second-order valence-corrected chi connectivity index (χ2v) is 9.87. The molecule has 1 rings (SSSR count). The minimum atomic E-state index is -0.932. The molecule has 3 atom stereocenters. The zero-order chi connectivity index (χ0) is 27.3. The number of rotatable bonds is 13. The standard InChI is InChI=1S/C25H39N5O6/c1-16(2)12-19(27-15-31)23(34)30-20(13-18-10-8-7-9-11-18)29-21(32)14-26-22(33)17(3)28-24(35)36-25(4,5)6/h7-11,15-17,19-20H,12-14H2,1-6H3,(H,26,33)(H,27,31)(H,28,35)(H,29,32)(H,30,34)/t17-,19-,20-/m1/s1. The third-order valence-electron chi connectivity index (χ3n) is 4.78. The quantitative estimate of drug-likeness (QED) is 0.199. The van der Waals surface area contributed by atoms with E-state index in [2.05, 4.69) is 26.6 Å². The molecule has 0 aliphatic carbocycles. The van der Waals surface area contributed by atoms with Crippen LogP contribution in [0, 0.1) is 5.92 Å². The topological polar surface area (TPSA) is 155 Å². The SMILES string of the molecule is CC(C)C[C@@H](NC=O)C(=O)N[C@H](Cc1ccccc1)NC(=O)CNC(=O)[C@@H](C)NC(=O)OC(C)(C)C. The van der Waals surface area contributed by atoms with Gasteiger partial charge in [-0.05, 0) is 45.6 Å². The third kappa shape index (κ3) is 12.7. The van der Waals surface area contributed by atoms with E-state index < -0.39 is 47.7 Å². The largest absolute Gasteiger partial charge is 0.444 e. The molecule has 0 saturated heterocycles. The van der Waals surface area contributed by atoms with Gasteiger partial charge in [0.25, 0.3) is 0 Å². The fraction of sp³-hybridized carbons (Fsp3) is 0.560. The lowest BCUT2D eigenvalue weighted by molar-refractivity contribution is -0.129. The Hall–Kier alpha value is -3.63. The van der Waals surface area contributed by atoms with Crippen molar-refractivity contribution in [1.82, 2.24) is 26.6 Å². The molecule has 1 aromatic carbocycles. The molecule has 0 radical (unpaired) electrons. The second-order valence-electron chi connectivity index (χ2n) is 9.87. The number of ether oxygens (including phenoxy) is 1. The van der Waals surface area contributed by atoms with E-state index in [-0.39, 0.29) is 12.5 Å². The molecule has 0 saturated carbocycles. The Morgan fingerprint density at radius 1 is 0.944 bits per heavy atom. The van der Waals surface area contributed by atoms with Crippen molar-refractivity contribution in [3.63, 3.8) is 0 Å². The Kier molecular flexibility index (Phi) is 12.4. The van der Waals surface area contributed by atoms with Gasteiger partial charge in [0.1, 0.15) is 23.9 Å². The number of benzene rings is 1. The zero-order valence-electron chi connectivity index (χ0n) is 21.8. The summed E-state index contributed by atoms with van der Waals surface area (Å²) in [7, 11) is 0. The smallest absolute Gasteiger partial charge is 0.408 e. The summed E-state index contributed by atoms with van der Waals surface area (Å²) in [6.07, 6.45) is -0.350. The van der Waals surface area contributed by atoms with Gasteiger partial charge in [0.15, 0.2) is 0 Å². The predicted octanol–water partition coefficient (Wildman–Crippen LogP) is 0.978. The maximum absolute atomic E-state index is 12.8. The first-order valence-electron chi connectivity index (χ1n) is 11.9. The van der Waals surface area contributed by atoms with Crippen LogP contribution in [0.2, 0.25) is 0 Å². The van der Waals surface area contributed by atoms with Gasteiger partial charge in [-0.3, -0.25) is 19.2 Å². The monoisotopic (exact) mass is 505 g/mol. The summed E-state index contributed by atoms with van der Waals surface area (Å²) in [6.45, 7) is 10.0. The van der Waals surface area contributed by atoms with Crippen molar-refractivity contribution in [3.05, 3.63) is 35.9 Å². The van der Waals surface area contributed by atoms with E-state index in [1.807, 2.05) is 44.2 Å². The Labute approximate surface area is 212 Å². The van der Waals surface area contributed by atoms with Crippen LogP contribution in [0.25, 0.3) is 0 Å². The minimum Gasteiger partial charge on any atom is -0.444 e. The minimum absolute atomic E-state index is 0.154. The number of carbonyl (C=O) groups excluding carboxylic acids is 5. The number of hydrogen-bond acceptors (Lipinski definition) is 6. The highest BCUT2D eigenvalue weighted by Gasteiger charge is 2.24. The molecule has 5 N–H and O–H groups in total. The number of hydrogen-bond donors (Lipinski definition) is 5. The molecule has 0 fully saturated rings. The van der Waals surface area contributed by atoms with Crippen LogP contribution < -0.4 is 26.6 Å². The molecular formula is C25H39N5O6. The molecule has 1 aromatic rings. The van der Waals surface area contributed by atoms with E-state index in [0.29, 0.717) is 19.3 Å². The Morgan fingerprint density at radius 2 is 1.58 bits per heavy atom. The molecule has 200 valence electrons. The first-order chi connectivity index (χ1) is 16.8. The lowest BCUT2D eigenvalue weighted by Gasteiger charge is -2.25. The van der Waals surface area contributed by atoms with E-state index in [1.165, 1.54) is 6.92 Å². The first-order valence-corrected chi connectivity index (χ1v) is 11.9. The number of alkyl carbamates (subject to hydrolysis) is 1. The molecule has 0 bridgehead atoms. The molecule has 0 aromatic heterocycles. The predicted molar refractivity (Wildman–Crippen MR) is 135 cm³/mol. The molecule has 0 spiro atoms. The highest BCUT2D eigenvalue weighted by atomic mass is 16.6. The van der Waals surface area contributed by atoms with Gasteiger partial charge in [-0.15, -0.1) is 0 Å². The molecule has 36 heavy (non-hydrogen) atoms. The van der Waals surface area contributed by atoms with Gasteiger partial charge < -0.3 is 31.3 Å². The third-order valence-corrected chi connectivity index (χ3v) is 4.78. The van der Waals surface area contributed by atoms with Crippen LogP contribution in [0.3, 0.4) is 0 Å². The van der Waals surface area contributed by atoms with Gasteiger partial charge in [0.05, 0.1) is 6.54 Å². The van der Waals surface area contributed by atoms with Crippen LogP contribution in [0.1, 0.15) is 53.5 Å². The summed E-state index contributed by atoms with van der Waals surface area (Å²) in [4.78, 5) is 60.5. The zero-order valence-corrected chi connectivity index (χ0v) is 21.8. The Morgan fingerprint density at radius 3 is 2.14 bits per heavy atom. The lowest BCUT2D eigenvalue weighted by Crippen LogP contribution is -2.56. The lowest BCUT2D eigenvalue weighted by atomic mass is 10.0. The van der Waals surface area contributed by atoms with Crippen LogP contribution in [0.5, 0.6) is 0 Å².